The van der Waals surface area contributed by atoms with Crippen LogP contribution < -0.4 is 11.1 Å². The number of carbonyl (C=O) groups excluding carboxylic acids is 1. The third-order valence-corrected chi connectivity index (χ3v) is 6.85. The first-order valence-corrected chi connectivity index (χ1v) is 12.2. The molecule has 1 aliphatic rings. The Bertz CT molecular complexity index is 1080. The van der Waals surface area contributed by atoms with Gasteiger partial charge in [0.05, 0.1) is 6.42 Å². The van der Waals surface area contributed by atoms with Crippen LogP contribution in [0.2, 0.25) is 0 Å². The van der Waals surface area contributed by atoms with Crippen molar-refractivity contribution in [1.82, 2.24) is 10.3 Å². The molecule has 176 valence electrons. The zero-order valence-electron chi connectivity index (χ0n) is 20.2. The quantitative estimate of drug-likeness (QED) is 0.525. The summed E-state index contributed by atoms with van der Waals surface area (Å²) in [6.07, 6.45) is 5.83. The van der Waals surface area contributed by atoms with E-state index >= 15 is 0 Å². The highest BCUT2D eigenvalue weighted by atomic mass is 16.3. The first kappa shape index (κ1) is 23.5. The van der Waals surface area contributed by atoms with Gasteiger partial charge in [0.1, 0.15) is 5.52 Å². The SMILES string of the molecule is CC(C)(C)c1ccc2oc(Cc3ccc(CC(=O)NCC4CCCC(CN)C4)cc3)nc2c1. The van der Waals surface area contributed by atoms with Crippen molar-refractivity contribution in [3.8, 4) is 0 Å². The third kappa shape index (κ3) is 6.23. The highest BCUT2D eigenvalue weighted by Gasteiger charge is 2.21. The second-order valence-corrected chi connectivity index (χ2v) is 10.6. The van der Waals surface area contributed by atoms with Crippen molar-refractivity contribution in [3.05, 3.63) is 65.0 Å². The molecule has 0 bridgehead atoms. The van der Waals surface area contributed by atoms with Gasteiger partial charge in [0.15, 0.2) is 11.5 Å². The molecule has 3 aromatic rings. The summed E-state index contributed by atoms with van der Waals surface area (Å²) in [6, 6.07) is 14.4. The van der Waals surface area contributed by atoms with Gasteiger partial charge in [0.25, 0.3) is 0 Å². The van der Waals surface area contributed by atoms with Crippen LogP contribution in [-0.4, -0.2) is 24.0 Å². The number of nitrogens with two attached hydrogens (primary N) is 1. The summed E-state index contributed by atoms with van der Waals surface area (Å²) >= 11 is 0. The Morgan fingerprint density at radius 1 is 1.09 bits per heavy atom. The normalized spacial score (nSPS) is 19.0. The Labute approximate surface area is 197 Å². The predicted octanol–water partition coefficient (Wildman–Crippen LogP) is 5.14. The van der Waals surface area contributed by atoms with Crippen LogP contribution in [0.4, 0.5) is 0 Å². The Kier molecular flexibility index (Phi) is 7.18. The largest absolute Gasteiger partial charge is 0.440 e. The molecule has 1 aromatic heterocycles. The molecule has 4 rings (SSSR count). The number of hydrogen-bond donors (Lipinski definition) is 2. The van der Waals surface area contributed by atoms with Crippen LogP contribution in [0.3, 0.4) is 0 Å². The predicted molar refractivity (Wildman–Crippen MR) is 133 cm³/mol. The lowest BCUT2D eigenvalue weighted by molar-refractivity contribution is -0.120. The van der Waals surface area contributed by atoms with Crippen LogP contribution in [0.5, 0.6) is 0 Å². The summed E-state index contributed by atoms with van der Waals surface area (Å²) in [5.74, 6) is 1.99. The fraction of sp³-hybridized carbons (Fsp3) is 0.500. The minimum Gasteiger partial charge on any atom is -0.440 e. The molecule has 2 unspecified atom stereocenters. The molecule has 0 spiro atoms. The van der Waals surface area contributed by atoms with Gasteiger partial charge in [-0.25, -0.2) is 4.98 Å². The van der Waals surface area contributed by atoms with Gasteiger partial charge in [-0.05, 0) is 71.9 Å². The maximum Gasteiger partial charge on any atom is 0.224 e. The molecule has 1 heterocycles. The molecular formula is C28H37N3O2. The van der Waals surface area contributed by atoms with Gasteiger partial charge in [-0.2, -0.15) is 0 Å². The standard InChI is InChI=1S/C28H37N3O2/c1-28(2,3)23-11-12-25-24(16-23)31-27(33-25)15-20-9-7-19(8-10-20)14-26(32)30-18-22-6-4-5-21(13-22)17-29/h7-12,16,21-22H,4-6,13-15,17-18,29H2,1-3H3,(H,30,32). The van der Waals surface area contributed by atoms with Crippen molar-refractivity contribution < 1.29 is 9.21 Å². The molecule has 1 saturated carbocycles. The van der Waals surface area contributed by atoms with Crippen molar-refractivity contribution in [1.29, 1.82) is 0 Å². The van der Waals surface area contributed by atoms with Crippen molar-refractivity contribution in [3.63, 3.8) is 0 Å². The molecule has 5 nitrogen and oxygen atoms in total. The van der Waals surface area contributed by atoms with Crippen molar-refractivity contribution >= 4 is 17.0 Å². The second kappa shape index (κ2) is 10.1. The van der Waals surface area contributed by atoms with Crippen LogP contribution >= 0.6 is 0 Å². The zero-order chi connectivity index (χ0) is 23.4. The van der Waals surface area contributed by atoms with Gasteiger partial charge in [0, 0.05) is 13.0 Å². The molecule has 2 atom stereocenters. The lowest BCUT2D eigenvalue weighted by Crippen LogP contribution is -2.34. The molecule has 5 heteroatoms. The van der Waals surface area contributed by atoms with Crippen LogP contribution in [0.1, 0.15) is 69.0 Å². The molecule has 0 saturated heterocycles. The number of carbonyl (C=O) groups is 1. The Morgan fingerprint density at radius 2 is 1.82 bits per heavy atom. The van der Waals surface area contributed by atoms with Crippen molar-refractivity contribution in [2.24, 2.45) is 17.6 Å². The van der Waals surface area contributed by atoms with E-state index in [-0.39, 0.29) is 11.3 Å². The number of hydrogen-bond acceptors (Lipinski definition) is 4. The summed E-state index contributed by atoms with van der Waals surface area (Å²) in [6.45, 7) is 8.12. The number of aromatic nitrogens is 1. The van der Waals surface area contributed by atoms with Gasteiger partial charge in [-0.15, -0.1) is 0 Å². The average molecular weight is 448 g/mol. The van der Waals surface area contributed by atoms with Crippen molar-refractivity contribution in [2.75, 3.05) is 13.1 Å². The third-order valence-electron chi connectivity index (χ3n) is 6.85. The van der Waals surface area contributed by atoms with Crippen molar-refractivity contribution in [2.45, 2.75) is 64.7 Å². The summed E-state index contributed by atoms with van der Waals surface area (Å²) < 4.78 is 5.96. The van der Waals surface area contributed by atoms with Gasteiger partial charge in [0.2, 0.25) is 5.91 Å². The molecule has 0 aliphatic heterocycles. The van der Waals surface area contributed by atoms with Crippen LogP contribution in [0, 0.1) is 11.8 Å². The van der Waals surface area contributed by atoms with Gasteiger partial charge in [-0.1, -0.05) is 57.5 Å². The number of amides is 1. The number of oxazole rings is 1. The molecule has 3 N–H and O–H groups in total. The van der Waals surface area contributed by atoms with Crippen LogP contribution in [0.25, 0.3) is 11.1 Å². The summed E-state index contributed by atoms with van der Waals surface area (Å²) in [7, 11) is 0. The molecular weight excluding hydrogens is 410 g/mol. The molecule has 2 aromatic carbocycles. The van der Waals surface area contributed by atoms with Gasteiger partial charge in [-0.3, -0.25) is 4.79 Å². The second-order valence-electron chi connectivity index (χ2n) is 10.6. The molecule has 1 amide bonds. The van der Waals surface area contributed by atoms with E-state index in [4.69, 9.17) is 15.1 Å². The van der Waals surface area contributed by atoms with E-state index in [1.807, 2.05) is 18.2 Å². The van der Waals surface area contributed by atoms with Crippen LogP contribution in [-0.2, 0) is 23.1 Å². The Hall–Kier alpha value is -2.66. The minimum absolute atomic E-state index is 0.0821. The van der Waals surface area contributed by atoms with Crippen LogP contribution in [0.15, 0.2) is 46.9 Å². The number of fused-ring (bicyclic) bond motifs is 1. The number of nitrogens with zero attached hydrogens (tertiary/aromatic N) is 1. The smallest absolute Gasteiger partial charge is 0.224 e. The molecule has 0 radical (unpaired) electrons. The van der Waals surface area contributed by atoms with Gasteiger partial charge < -0.3 is 15.5 Å². The topological polar surface area (TPSA) is 81.2 Å². The minimum atomic E-state index is 0.0821. The van der Waals surface area contributed by atoms with E-state index in [1.165, 1.54) is 24.8 Å². The highest BCUT2D eigenvalue weighted by molar-refractivity contribution is 5.78. The van der Waals surface area contributed by atoms with Gasteiger partial charge >= 0.3 is 0 Å². The molecule has 33 heavy (non-hydrogen) atoms. The number of rotatable bonds is 7. The molecule has 1 aliphatic carbocycles. The molecule has 1 fully saturated rings. The average Bonchev–Trinajstić information content (AvgIpc) is 3.20. The van der Waals surface area contributed by atoms with E-state index in [1.54, 1.807) is 0 Å². The zero-order valence-corrected chi connectivity index (χ0v) is 20.2. The first-order chi connectivity index (χ1) is 15.8. The lowest BCUT2D eigenvalue weighted by atomic mass is 9.81. The fourth-order valence-electron chi connectivity index (χ4n) is 4.77. The highest BCUT2D eigenvalue weighted by Crippen LogP contribution is 2.28. The number of benzene rings is 2. The maximum absolute atomic E-state index is 12.4. The van der Waals surface area contributed by atoms with E-state index in [0.29, 0.717) is 30.6 Å². The maximum atomic E-state index is 12.4. The van der Waals surface area contributed by atoms with E-state index in [0.717, 1.165) is 41.7 Å². The Balaban J connectivity index is 1.30. The fourth-order valence-corrected chi connectivity index (χ4v) is 4.77. The monoisotopic (exact) mass is 447 g/mol. The summed E-state index contributed by atoms with van der Waals surface area (Å²) in [5, 5.41) is 3.13. The lowest BCUT2D eigenvalue weighted by Gasteiger charge is -2.28. The summed E-state index contributed by atoms with van der Waals surface area (Å²) in [5.41, 5.74) is 11.0. The summed E-state index contributed by atoms with van der Waals surface area (Å²) in [4.78, 5) is 17.1. The Morgan fingerprint density at radius 3 is 2.55 bits per heavy atom. The number of nitrogens with one attached hydrogen (secondary N) is 1. The van der Waals surface area contributed by atoms with E-state index in [2.05, 4.69) is 50.4 Å². The first-order valence-electron chi connectivity index (χ1n) is 12.2. The van der Waals surface area contributed by atoms with E-state index < -0.39 is 0 Å². The van der Waals surface area contributed by atoms with E-state index in [9.17, 15) is 4.79 Å².